The molecule has 1 unspecified atom stereocenters. The minimum absolute atomic E-state index is 0.337. The Balaban J connectivity index is 1.70. The third-order valence-corrected chi connectivity index (χ3v) is 5.70. The molecule has 0 saturated carbocycles. The quantitative estimate of drug-likeness (QED) is 0.583. The Kier molecular flexibility index (Phi) is 4.11. The van der Waals surface area contributed by atoms with E-state index < -0.39 is 18.0 Å². The minimum atomic E-state index is -0.754. The second-order valence-corrected chi connectivity index (χ2v) is 7.40. The summed E-state index contributed by atoms with van der Waals surface area (Å²) < 4.78 is 3.70. The van der Waals surface area contributed by atoms with E-state index in [1.807, 2.05) is 30.0 Å². The van der Waals surface area contributed by atoms with Crippen LogP contribution in [0.25, 0.3) is 0 Å². The molecule has 1 saturated heterocycles. The summed E-state index contributed by atoms with van der Waals surface area (Å²) in [6.07, 6.45) is 0. The molecule has 2 aromatic rings. The molecule has 0 bridgehead atoms. The topological polar surface area (TPSA) is 78.9 Å². The highest BCUT2D eigenvalue weighted by atomic mass is 35.5. The van der Waals surface area contributed by atoms with E-state index in [0.29, 0.717) is 22.4 Å². The van der Waals surface area contributed by atoms with Gasteiger partial charge in [0.05, 0.1) is 13.6 Å². The molecule has 28 heavy (non-hydrogen) atoms. The van der Waals surface area contributed by atoms with E-state index in [4.69, 9.17) is 11.6 Å². The lowest BCUT2D eigenvalue weighted by Crippen LogP contribution is -2.58. The summed E-state index contributed by atoms with van der Waals surface area (Å²) >= 11 is 5.86. The summed E-state index contributed by atoms with van der Waals surface area (Å²) in [4.78, 5) is 45.5. The molecule has 2 aliphatic heterocycles. The fourth-order valence-electron chi connectivity index (χ4n) is 3.61. The molecule has 8 nitrogen and oxygen atoms in total. The van der Waals surface area contributed by atoms with Crippen LogP contribution in [0.2, 0.25) is 5.02 Å². The van der Waals surface area contributed by atoms with Gasteiger partial charge in [-0.15, -0.1) is 0 Å². The van der Waals surface area contributed by atoms with Crippen LogP contribution in [0.15, 0.2) is 29.3 Å². The van der Waals surface area contributed by atoms with Crippen LogP contribution in [0.5, 0.6) is 0 Å². The molecule has 0 spiro atoms. The number of aromatic nitrogens is 2. The summed E-state index contributed by atoms with van der Waals surface area (Å²) in [7, 11) is 3.43. The fraction of sp³-hybridized carbons (Fsp3) is 0.316. The number of imide groups is 1. The number of Topliss-reactive ketones (excluding diaryl/α,β-unsaturated/α-hetero) is 1. The number of carbonyl (C=O) groups is 3. The number of hydrogen-bond donors (Lipinski definition) is 0. The molecule has 0 radical (unpaired) electrons. The van der Waals surface area contributed by atoms with Gasteiger partial charge in [0.25, 0.3) is 5.91 Å². The zero-order valence-electron chi connectivity index (χ0n) is 15.9. The Bertz CT molecular complexity index is 1070. The second-order valence-electron chi connectivity index (χ2n) is 6.97. The lowest BCUT2D eigenvalue weighted by molar-refractivity contribution is -0.663. The Morgan fingerprint density at radius 3 is 2.50 bits per heavy atom. The molecule has 2 aliphatic rings. The maximum Gasteiger partial charge on any atom is 0.401 e. The third-order valence-electron chi connectivity index (χ3n) is 5.45. The third kappa shape index (κ3) is 2.48. The first kappa shape index (κ1) is 18.4. The normalized spacial score (nSPS) is 18.3. The summed E-state index contributed by atoms with van der Waals surface area (Å²) in [5.74, 6) is 0.186. The van der Waals surface area contributed by atoms with Crippen molar-refractivity contribution in [1.82, 2.24) is 14.4 Å². The van der Waals surface area contributed by atoms with Crippen LogP contribution in [-0.2, 0) is 11.8 Å². The highest BCUT2D eigenvalue weighted by molar-refractivity contribution is 6.30. The molecule has 1 atom stereocenters. The Labute approximate surface area is 166 Å². The predicted octanol–water partition coefficient (Wildman–Crippen LogP) is 1.94. The standard InChI is InChI=1S/C19H19ClN5O3/c1-10-11(2)25-15-16(21-18(25)22(10)3)23(4)19(28)24(17(15)27)9-14(26)12-5-7-13(20)8-6-12/h5-8,15H,9H2,1-4H3/q+1. The predicted molar refractivity (Wildman–Crippen MR) is 102 cm³/mol. The maximum absolute atomic E-state index is 13.2. The molecule has 3 heterocycles. The van der Waals surface area contributed by atoms with Crippen LogP contribution < -0.4 is 4.57 Å². The highest BCUT2D eigenvalue weighted by Gasteiger charge is 2.54. The van der Waals surface area contributed by atoms with Gasteiger partial charge in [-0.25, -0.2) is 13.9 Å². The molecule has 1 aromatic heterocycles. The number of amides is 3. The molecule has 0 aliphatic carbocycles. The van der Waals surface area contributed by atoms with Gasteiger partial charge in [-0.05, 0) is 38.1 Å². The van der Waals surface area contributed by atoms with Crippen molar-refractivity contribution in [1.29, 1.82) is 0 Å². The number of benzene rings is 1. The van der Waals surface area contributed by atoms with Gasteiger partial charge in [0.1, 0.15) is 11.4 Å². The molecule has 0 N–H and O–H groups in total. The summed E-state index contributed by atoms with van der Waals surface area (Å²) in [5.41, 5.74) is 2.26. The van der Waals surface area contributed by atoms with Crippen molar-refractivity contribution in [2.45, 2.75) is 19.9 Å². The van der Waals surface area contributed by atoms with E-state index in [0.717, 1.165) is 16.3 Å². The van der Waals surface area contributed by atoms with E-state index in [9.17, 15) is 14.4 Å². The number of imidazole rings is 1. The van der Waals surface area contributed by atoms with Gasteiger partial charge in [-0.1, -0.05) is 16.6 Å². The first-order valence-corrected chi connectivity index (χ1v) is 9.14. The number of likely N-dealkylation sites (N-methyl/N-ethyl adjacent to an activating group) is 1. The Hall–Kier alpha value is -3.00. The second kappa shape index (κ2) is 6.27. The number of ketones is 1. The number of rotatable bonds is 3. The average Bonchev–Trinajstić information content (AvgIpc) is 3.17. The van der Waals surface area contributed by atoms with E-state index in [2.05, 4.69) is 4.99 Å². The van der Waals surface area contributed by atoms with Crippen molar-refractivity contribution in [2.24, 2.45) is 12.0 Å². The number of carbonyl (C=O) groups excluding carboxylic acids is 3. The molecular weight excluding hydrogens is 382 g/mol. The monoisotopic (exact) mass is 400 g/mol. The average molecular weight is 401 g/mol. The smallest absolute Gasteiger partial charge is 0.292 e. The Morgan fingerprint density at radius 1 is 1.21 bits per heavy atom. The van der Waals surface area contributed by atoms with E-state index in [1.54, 1.807) is 31.3 Å². The van der Waals surface area contributed by atoms with Gasteiger partial charge < -0.3 is 0 Å². The molecule has 9 heteroatoms. The van der Waals surface area contributed by atoms with Gasteiger partial charge in [0.15, 0.2) is 5.78 Å². The first-order chi connectivity index (χ1) is 13.2. The number of urea groups is 1. The maximum atomic E-state index is 13.2. The molecule has 4 rings (SSSR count). The largest absolute Gasteiger partial charge is 0.401 e. The van der Waals surface area contributed by atoms with Gasteiger partial charge >= 0.3 is 12.0 Å². The summed E-state index contributed by atoms with van der Waals surface area (Å²) in [6, 6.07) is 5.03. The zero-order valence-corrected chi connectivity index (χ0v) is 16.7. The van der Waals surface area contributed by atoms with Crippen molar-refractivity contribution >= 4 is 41.1 Å². The van der Waals surface area contributed by atoms with Crippen LogP contribution in [-0.4, -0.2) is 51.5 Å². The van der Waals surface area contributed by atoms with Crippen LogP contribution in [0.3, 0.4) is 0 Å². The number of fused-ring (bicyclic) bond motifs is 3. The number of halogens is 1. The molecular formula is C19H19ClN5O3+. The minimum Gasteiger partial charge on any atom is -0.292 e. The zero-order chi connectivity index (χ0) is 20.3. The summed E-state index contributed by atoms with van der Waals surface area (Å²) in [6.45, 7) is 3.51. The molecule has 1 aromatic carbocycles. The first-order valence-electron chi connectivity index (χ1n) is 8.76. The summed E-state index contributed by atoms with van der Waals surface area (Å²) in [5, 5.41) is 0.507. The van der Waals surface area contributed by atoms with E-state index in [-0.39, 0.29) is 12.3 Å². The number of nitrogens with zero attached hydrogens (tertiary/aromatic N) is 5. The van der Waals surface area contributed by atoms with Crippen molar-refractivity contribution in [3.05, 3.63) is 46.2 Å². The molecule has 3 amide bonds. The molecule has 1 fully saturated rings. The highest BCUT2D eigenvalue weighted by Crippen LogP contribution is 2.34. The van der Waals surface area contributed by atoms with Gasteiger partial charge in [-0.3, -0.25) is 19.4 Å². The Morgan fingerprint density at radius 2 is 1.86 bits per heavy atom. The van der Waals surface area contributed by atoms with Crippen LogP contribution >= 0.6 is 11.6 Å². The SMILES string of the molecule is Cc1c(C)[n+](C)c2n1C1C(=O)N(CC(=O)c3ccc(Cl)cc3)C(=O)N(C)C1=N2. The number of amidine groups is 1. The lowest BCUT2D eigenvalue weighted by Gasteiger charge is -2.33. The lowest BCUT2D eigenvalue weighted by atomic mass is 10.1. The number of aliphatic imine (C=N–C) groups is 1. The van der Waals surface area contributed by atoms with Gasteiger partial charge in [0.2, 0.25) is 11.9 Å². The van der Waals surface area contributed by atoms with Gasteiger partial charge in [0, 0.05) is 17.6 Å². The van der Waals surface area contributed by atoms with Crippen molar-refractivity contribution in [2.75, 3.05) is 13.6 Å². The van der Waals surface area contributed by atoms with Gasteiger partial charge in [-0.2, -0.15) is 0 Å². The number of hydrogen-bond acceptors (Lipinski definition) is 4. The van der Waals surface area contributed by atoms with Crippen molar-refractivity contribution in [3.8, 4) is 0 Å². The van der Waals surface area contributed by atoms with Crippen LogP contribution in [0.4, 0.5) is 10.7 Å². The van der Waals surface area contributed by atoms with E-state index >= 15 is 0 Å². The van der Waals surface area contributed by atoms with E-state index in [1.165, 1.54) is 4.90 Å². The molecule has 144 valence electrons. The van der Waals surface area contributed by atoms with Crippen molar-refractivity contribution < 1.29 is 19.0 Å². The van der Waals surface area contributed by atoms with Crippen molar-refractivity contribution in [3.63, 3.8) is 0 Å². The fourth-order valence-corrected chi connectivity index (χ4v) is 3.74. The van der Waals surface area contributed by atoms with Crippen LogP contribution in [0, 0.1) is 13.8 Å². The van der Waals surface area contributed by atoms with Crippen LogP contribution in [0.1, 0.15) is 27.8 Å².